The van der Waals surface area contributed by atoms with Crippen LogP contribution in [-0.2, 0) is 14.0 Å². The van der Waals surface area contributed by atoms with E-state index in [-0.39, 0.29) is 12.1 Å². The number of carbonyl (C=O) groups is 1. The normalized spacial score (nSPS) is 13.0. The van der Waals surface area contributed by atoms with Crippen LogP contribution in [0.3, 0.4) is 0 Å². The van der Waals surface area contributed by atoms with Gasteiger partial charge in [-0.25, -0.2) is 0 Å². The van der Waals surface area contributed by atoms with Crippen molar-refractivity contribution in [2.75, 3.05) is 12.3 Å². The molecule has 112 valence electrons. The second-order valence-electron chi connectivity index (χ2n) is 5.69. The van der Waals surface area contributed by atoms with Crippen molar-refractivity contribution in [2.24, 2.45) is 0 Å². The molecule has 20 heavy (non-hydrogen) atoms. The number of ether oxygens (including phenoxy) is 1. The van der Waals surface area contributed by atoms with Crippen molar-refractivity contribution in [1.82, 2.24) is 0 Å². The fraction of sp³-hybridized carbons (Fsp3) is 0.533. The molecule has 0 unspecified atom stereocenters. The number of anilines is 1. The molecule has 1 aromatic carbocycles. The van der Waals surface area contributed by atoms with Crippen molar-refractivity contribution in [3.05, 3.63) is 29.8 Å². The van der Waals surface area contributed by atoms with Gasteiger partial charge in [-0.3, -0.25) is 4.79 Å². The highest BCUT2D eigenvalue weighted by Crippen LogP contribution is 2.30. The van der Waals surface area contributed by atoms with Crippen molar-refractivity contribution in [3.63, 3.8) is 0 Å². The van der Waals surface area contributed by atoms with E-state index < -0.39 is 8.32 Å². The van der Waals surface area contributed by atoms with Crippen molar-refractivity contribution < 1.29 is 14.0 Å². The third kappa shape index (κ3) is 5.75. The summed E-state index contributed by atoms with van der Waals surface area (Å²) < 4.78 is 11.2. The van der Waals surface area contributed by atoms with Crippen molar-refractivity contribution in [1.29, 1.82) is 0 Å². The number of hydrogen-bond donors (Lipinski definition) is 1. The number of rotatable bonds is 7. The summed E-state index contributed by atoms with van der Waals surface area (Å²) in [5.74, 6) is -0.189. The Bertz CT molecular complexity index is 443. The fourth-order valence-electron chi connectivity index (χ4n) is 1.99. The quantitative estimate of drug-likeness (QED) is 0.475. The fourth-order valence-corrected chi connectivity index (χ4v) is 3.09. The maximum Gasteiger partial charge on any atom is 0.305 e. The summed E-state index contributed by atoms with van der Waals surface area (Å²) in [6, 6.07) is 7.66. The third-order valence-corrected chi connectivity index (χ3v) is 3.75. The van der Waals surface area contributed by atoms with E-state index in [9.17, 15) is 4.79 Å². The van der Waals surface area contributed by atoms with Gasteiger partial charge in [0.25, 0.3) is 0 Å². The lowest BCUT2D eigenvalue weighted by molar-refractivity contribution is -0.143. The van der Waals surface area contributed by atoms with Crippen molar-refractivity contribution in [3.8, 4) is 0 Å². The van der Waals surface area contributed by atoms with Crippen LogP contribution < -0.4 is 5.73 Å². The topological polar surface area (TPSA) is 61.5 Å². The first kappa shape index (κ1) is 16.7. The molecule has 0 spiro atoms. The van der Waals surface area contributed by atoms with Crippen LogP contribution in [-0.4, -0.2) is 20.9 Å². The van der Waals surface area contributed by atoms with E-state index in [4.69, 9.17) is 14.9 Å². The van der Waals surface area contributed by atoms with Crippen LogP contribution in [0.25, 0.3) is 0 Å². The Balaban J connectivity index is 2.81. The van der Waals surface area contributed by atoms with Crippen LogP contribution in [0.5, 0.6) is 0 Å². The van der Waals surface area contributed by atoms with E-state index in [0.717, 1.165) is 5.56 Å². The summed E-state index contributed by atoms with van der Waals surface area (Å²) in [6.07, 6.45) is 0.793. The molecule has 0 aliphatic carbocycles. The summed E-state index contributed by atoms with van der Waals surface area (Å²) in [6.45, 7) is 8.60. The Morgan fingerprint density at radius 3 is 2.50 bits per heavy atom. The van der Waals surface area contributed by atoms with Gasteiger partial charge in [0.15, 0.2) is 8.32 Å². The lowest BCUT2D eigenvalue weighted by atomic mass is 10.0. The SMILES string of the molecule is CCOC(=O)CC[C@@H](O[Si](C)(C)C)c1ccccc1N. The summed E-state index contributed by atoms with van der Waals surface area (Å²) in [4.78, 5) is 11.5. The molecule has 1 rings (SSSR count). The molecule has 0 aliphatic rings. The van der Waals surface area contributed by atoms with Gasteiger partial charge in [-0.15, -0.1) is 0 Å². The second kappa shape index (κ2) is 7.45. The van der Waals surface area contributed by atoms with E-state index >= 15 is 0 Å². The van der Waals surface area contributed by atoms with Gasteiger partial charge in [-0.05, 0) is 39.1 Å². The summed E-state index contributed by atoms with van der Waals surface area (Å²) in [7, 11) is -1.72. The minimum absolute atomic E-state index is 0.146. The molecule has 4 nitrogen and oxygen atoms in total. The van der Waals surface area contributed by atoms with Crippen LogP contribution in [0, 0.1) is 0 Å². The molecular weight excluding hydrogens is 270 g/mol. The van der Waals surface area contributed by atoms with Gasteiger partial charge in [-0.1, -0.05) is 18.2 Å². The van der Waals surface area contributed by atoms with Crippen LogP contribution in [0.4, 0.5) is 5.69 Å². The van der Waals surface area contributed by atoms with Crippen molar-refractivity contribution in [2.45, 2.75) is 45.5 Å². The molecule has 0 amide bonds. The predicted molar refractivity (Wildman–Crippen MR) is 83.9 cm³/mol. The van der Waals surface area contributed by atoms with Crippen LogP contribution >= 0.6 is 0 Å². The largest absolute Gasteiger partial charge is 0.466 e. The number of hydrogen-bond acceptors (Lipinski definition) is 4. The molecule has 0 aromatic heterocycles. The minimum atomic E-state index is -1.72. The molecule has 0 radical (unpaired) electrons. The van der Waals surface area contributed by atoms with Gasteiger partial charge in [0.2, 0.25) is 0 Å². The highest BCUT2D eigenvalue weighted by Gasteiger charge is 2.24. The second-order valence-corrected chi connectivity index (χ2v) is 10.2. The third-order valence-electron chi connectivity index (χ3n) is 2.75. The maximum absolute atomic E-state index is 11.5. The molecule has 2 N–H and O–H groups in total. The van der Waals surface area contributed by atoms with E-state index in [1.54, 1.807) is 0 Å². The van der Waals surface area contributed by atoms with E-state index in [1.807, 2.05) is 31.2 Å². The Hall–Kier alpha value is -1.33. The highest BCUT2D eigenvalue weighted by atomic mass is 28.4. The number of benzene rings is 1. The Morgan fingerprint density at radius 2 is 1.95 bits per heavy atom. The van der Waals surface area contributed by atoms with Gasteiger partial charge in [0.1, 0.15) is 0 Å². The summed E-state index contributed by atoms with van der Waals surface area (Å²) in [5.41, 5.74) is 7.69. The smallest absolute Gasteiger partial charge is 0.305 e. The number of para-hydroxylation sites is 1. The van der Waals surface area contributed by atoms with Crippen LogP contribution in [0.1, 0.15) is 31.4 Å². The number of carbonyl (C=O) groups excluding carboxylic acids is 1. The molecule has 0 saturated heterocycles. The van der Waals surface area contributed by atoms with Gasteiger partial charge < -0.3 is 14.9 Å². The maximum atomic E-state index is 11.5. The van der Waals surface area contributed by atoms with E-state index in [1.165, 1.54) is 0 Å². The lowest BCUT2D eigenvalue weighted by Crippen LogP contribution is -2.28. The molecule has 0 fully saturated rings. The Morgan fingerprint density at radius 1 is 1.30 bits per heavy atom. The molecule has 5 heteroatoms. The van der Waals surface area contributed by atoms with E-state index in [0.29, 0.717) is 25.1 Å². The summed E-state index contributed by atoms with van der Waals surface area (Å²) in [5, 5.41) is 0. The average molecular weight is 295 g/mol. The van der Waals surface area contributed by atoms with E-state index in [2.05, 4.69) is 19.6 Å². The minimum Gasteiger partial charge on any atom is -0.466 e. The average Bonchev–Trinajstić information content (AvgIpc) is 2.34. The number of esters is 1. The first-order valence-corrected chi connectivity index (χ1v) is 10.4. The molecule has 0 aliphatic heterocycles. The molecule has 0 saturated carbocycles. The van der Waals surface area contributed by atoms with Gasteiger partial charge in [0, 0.05) is 17.7 Å². The zero-order valence-electron chi connectivity index (χ0n) is 12.8. The molecule has 1 atom stereocenters. The monoisotopic (exact) mass is 295 g/mol. The molecule has 0 heterocycles. The standard InChI is InChI=1S/C15H25NO3Si/c1-5-18-15(17)11-10-14(19-20(2,3)4)12-8-6-7-9-13(12)16/h6-9,14H,5,10-11,16H2,1-4H3/t14-/m1/s1. The molecule has 1 aromatic rings. The van der Waals surface area contributed by atoms with Gasteiger partial charge >= 0.3 is 5.97 Å². The Labute approximate surface area is 122 Å². The molecular formula is C15H25NO3Si. The predicted octanol–water partition coefficient (Wildman–Crippen LogP) is 3.50. The summed E-state index contributed by atoms with van der Waals surface area (Å²) >= 11 is 0. The van der Waals surface area contributed by atoms with Crippen LogP contribution in [0.2, 0.25) is 19.6 Å². The lowest BCUT2D eigenvalue weighted by Gasteiger charge is -2.27. The first-order valence-electron chi connectivity index (χ1n) is 7.01. The van der Waals surface area contributed by atoms with Gasteiger partial charge in [0.05, 0.1) is 12.7 Å². The number of nitrogen functional groups attached to an aromatic ring is 1. The first-order chi connectivity index (χ1) is 9.33. The Kier molecular flexibility index (Phi) is 6.23. The number of nitrogens with two attached hydrogens (primary N) is 1. The zero-order valence-corrected chi connectivity index (χ0v) is 13.8. The molecule has 0 bridgehead atoms. The zero-order chi connectivity index (χ0) is 15.2. The van der Waals surface area contributed by atoms with Crippen molar-refractivity contribution >= 4 is 20.0 Å². The highest BCUT2D eigenvalue weighted by molar-refractivity contribution is 6.69. The van der Waals surface area contributed by atoms with Gasteiger partial charge in [-0.2, -0.15) is 0 Å². The van der Waals surface area contributed by atoms with Crippen LogP contribution in [0.15, 0.2) is 24.3 Å².